The standard InChI is InChI=1S/C24H27N3O4/c28-22(12-11-20-7-3-1-4-8-20)25-14-13-24(30)31-19-23(29)27-17-15-26(16-18-27)21-9-5-2-6-10-21/h1-12H,13-19H2,(H,25,28)/b12-11+. The highest BCUT2D eigenvalue weighted by atomic mass is 16.5. The van der Waals surface area contributed by atoms with Crippen LogP contribution in [0.25, 0.3) is 6.08 Å². The Bertz CT molecular complexity index is 892. The number of ether oxygens (including phenoxy) is 1. The molecule has 1 saturated heterocycles. The van der Waals surface area contributed by atoms with Gasteiger partial charge in [-0.05, 0) is 23.8 Å². The third-order valence-electron chi connectivity index (χ3n) is 4.97. The van der Waals surface area contributed by atoms with E-state index in [4.69, 9.17) is 4.74 Å². The van der Waals surface area contributed by atoms with Gasteiger partial charge in [0.05, 0.1) is 6.42 Å². The normalized spacial score (nSPS) is 13.8. The Balaban J connectivity index is 1.29. The number of carbonyl (C=O) groups is 3. The molecule has 0 unspecified atom stereocenters. The molecule has 0 bridgehead atoms. The number of piperazine rings is 1. The summed E-state index contributed by atoms with van der Waals surface area (Å²) in [6.45, 7) is 2.55. The second kappa shape index (κ2) is 11.5. The van der Waals surface area contributed by atoms with E-state index in [1.54, 1.807) is 11.0 Å². The fourth-order valence-corrected chi connectivity index (χ4v) is 3.24. The highest BCUT2D eigenvalue weighted by Crippen LogP contribution is 2.15. The lowest BCUT2D eigenvalue weighted by molar-refractivity contribution is -0.152. The van der Waals surface area contributed by atoms with E-state index in [-0.39, 0.29) is 31.4 Å². The van der Waals surface area contributed by atoms with Gasteiger partial charge in [0.2, 0.25) is 5.91 Å². The van der Waals surface area contributed by atoms with Crippen molar-refractivity contribution < 1.29 is 19.1 Å². The van der Waals surface area contributed by atoms with E-state index in [0.29, 0.717) is 13.1 Å². The summed E-state index contributed by atoms with van der Waals surface area (Å²) in [5.41, 5.74) is 2.06. The Labute approximate surface area is 182 Å². The molecular weight excluding hydrogens is 394 g/mol. The van der Waals surface area contributed by atoms with Crippen molar-refractivity contribution in [2.45, 2.75) is 6.42 Å². The van der Waals surface area contributed by atoms with E-state index in [9.17, 15) is 14.4 Å². The molecule has 1 aliphatic rings. The topological polar surface area (TPSA) is 78.9 Å². The molecule has 2 amide bonds. The molecule has 1 heterocycles. The second-order valence-electron chi connectivity index (χ2n) is 7.15. The number of rotatable bonds is 8. The van der Waals surface area contributed by atoms with Crippen LogP contribution < -0.4 is 10.2 Å². The lowest BCUT2D eigenvalue weighted by Crippen LogP contribution is -2.49. The summed E-state index contributed by atoms with van der Waals surface area (Å²) in [6, 6.07) is 19.5. The molecule has 7 nitrogen and oxygen atoms in total. The predicted molar refractivity (Wildman–Crippen MR) is 119 cm³/mol. The van der Waals surface area contributed by atoms with Crippen LogP contribution in [0.5, 0.6) is 0 Å². The van der Waals surface area contributed by atoms with Gasteiger partial charge in [0, 0.05) is 44.5 Å². The van der Waals surface area contributed by atoms with E-state index in [1.165, 1.54) is 6.08 Å². The summed E-state index contributed by atoms with van der Waals surface area (Å²) >= 11 is 0. The zero-order valence-corrected chi connectivity index (χ0v) is 17.4. The Morgan fingerprint density at radius 3 is 2.23 bits per heavy atom. The second-order valence-corrected chi connectivity index (χ2v) is 7.15. The van der Waals surface area contributed by atoms with Crippen LogP contribution in [-0.4, -0.2) is 62.0 Å². The van der Waals surface area contributed by atoms with E-state index in [0.717, 1.165) is 24.3 Å². The first-order valence-corrected chi connectivity index (χ1v) is 10.4. The van der Waals surface area contributed by atoms with Gasteiger partial charge < -0.3 is 19.9 Å². The molecule has 3 rings (SSSR count). The SMILES string of the molecule is O=C(/C=C/c1ccccc1)NCCC(=O)OCC(=O)N1CCN(c2ccccc2)CC1. The summed E-state index contributed by atoms with van der Waals surface area (Å²) < 4.78 is 5.07. The number of esters is 1. The number of hydrogen-bond acceptors (Lipinski definition) is 5. The molecule has 0 aromatic heterocycles. The van der Waals surface area contributed by atoms with Crippen molar-refractivity contribution in [3.63, 3.8) is 0 Å². The zero-order valence-electron chi connectivity index (χ0n) is 17.4. The maximum absolute atomic E-state index is 12.3. The Hall–Kier alpha value is -3.61. The molecule has 1 fully saturated rings. The van der Waals surface area contributed by atoms with Crippen molar-refractivity contribution in [1.82, 2.24) is 10.2 Å². The van der Waals surface area contributed by atoms with Gasteiger partial charge in [-0.25, -0.2) is 0 Å². The van der Waals surface area contributed by atoms with E-state index >= 15 is 0 Å². The van der Waals surface area contributed by atoms with Crippen LogP contribution in [0.4, 0.5) is 5.69 Å². The summed E-state index contributed by atoms with van der Waals surface area (Å²) in [7, 11) is 0. The third-order valence-corrected chi connectivity index (χ3v) is 4.97. The van der Waals surface area contributed by atoms with Gasteiger partial charge in [0.25, 0.3) is 5.91 Å². The van der Waals surface area contributed by atoms with Gasteiger partial charge in [-0.1, -0.05) is 48.5 Å². The molecule has 2 aromatic rings. The fourth-order valence-electron chi connectivity index (χ4n) is 3.24. The fraction of sp³-hybridized carbons (Fsp3) is 0.292. The Morgan fingerprint density at radius 2 is 1.55 bits per heavy atom. The van der Waals surface area contributed by atoms with Crippen LogP contribution in [0, 0.1) is 0 Å². The number of nitrogens with one attached hydrogen (secondary N) is 1. The summed E-state index contributed by atoms with van der Waals surface area (Å²) in [6.07, 6.45) is 3.13. The molecule has 162 valence electrons. The number of benzene rings is 2. The minimum absolute atomic E-state index is 0.0139. The number of para-hydroxylation sites is 1. The molecule has 2 aromatic carbocycles. The first-order valence-electron chi connectivity index (χ1n) is 10.4. The number of nitrogens with zero attached hydrogens (tertiary/aromatic N) is 2. The molecule has 0 atom stereocenters. The van der Waals surface area contributed by atoms with Crippen LogP contribution in [0.15, 0.2) is 66.7 Å². The van der Waals surface area contributed by atoms with Crippen molar-refractivity contribution in [2.24, 2.45) is 0 Å². The van der Waals surface area contributed by atoms with Crippen LogP contribution in [-0.2, 0) is 19.1 Å². The largest absolute Gasteiger partial charge is 0.456 e. The lowest BCUT2D eigenvalue weighted by atomic mass is 10.2. The van der Waals surface area contributed by atoms with Crippen molar-refractivity contribution in [3.8, 4) is 0 Å². The zero-order chi connectivity index (χ0) is 21.9. The first-order chi connectivity index (χ1) is 15.1. The predicted octanol–water partition coefficient (Wildman–Crippen LogP) is 2.10. The maximum Gasteiger partial charge on any atom is 0.308 e. The smallest absolute Gasteiger partial charge is 0.308 e. The monoisotopic (exact) mass is 421 g/mol. The molecule has 0 saturated carbocycles. The van der Waals surface area contributed by atoms with Gasteiger partial charge in [-0.3, -0.25) is 14.4 Å². The molecule has 0 spiro atoms. The van der Waals surface area contributed by atoms with Gasteiger partial charge in [0.15, 0.2) is 6.61 Å². The summed E-state index contributed by atoms with van der Waals surface area (Å²) in [5.74, 6) is -0.997. The Kier molecular flexibility index (Phi) is 8.22. The van der Waals surface area contributed by atoms with Crippen LogP contribution >= 0.6 is 0 Å². The van der Waals surface area contributed by atoms with E-state index in [2.05, 4.69) is 22.3 Å². The Morgan fingerprint density at radius 1 is 0.903 bits per heavy atom. The van der Waals surface area contributed by atoms with Gasteiger partial charge in [0.1, 0.15) is 0 Å². The average molecular weight is 421 g/mol. The first kappa shape index (κ1) is 22.1. The van der Waals surface area contributed by atoms with Crippen molar-refractivity contribution in [2.75, 3.05) is 44.2 Å². The maximum atomic E-state index is 12.3. The number of hydrogen-bond donors (Lipinski definition) is 1. The van der Waals surface area contributed by atoms with Crippen LogP contribution in [0.3, 0.4) is 0 Å². The minimum atomic E-state index is -0.511. The van der Waals surface area contributed by atoms with E-state index in [1.807, 2.05) is 48.5 Å². The van der Waals surface area contributed by atoms with Crippen LogP contribution in [0.2, 0.25) is 0 Å². The van der Waals surface area contributed by atoms with Gasteiger partial charge >= 0.3 is 5.97 Å². The molecule has 31 heavy (non-hydrogen) atoms. The van der Waals surface area contributed by atoms with Crippen LogP contribution in [0.1, 0.15) is 12.0 Å². The van der Waals surface area contributed by atoms with E-state index < -0.39 is 5.97 Å². The number of anilines is 1. The molecular formula is C24H27N3O4. The highest BCUT2D eigenvalue weighted by Gasteiger charge is 2.22. The minimum Gasteiger partial charge on any atom is -0.456 e. The number of amides is 2. The average Bonchev–Trinajstić information content (AvgIpc) is 2.82. The number of carbonyl (C=O) groups excluding carboxylic acids is 3. The van der Waals surface area contributed by atoms with Gasteiger partial charge in [-0.15, -0.1) is 0 Å². The molecule has 0 radical (unpaired) electrons. The van der Waals surface area contributed by atoms with Gasteiger partial charge in [-0.2, -0.15) is 0 Å². The van der Waals surface area contributed by atoms with Crippen molar-refractivity contribution in [3.05, 3.63) is 72.3 Å². The third kappa shape index (κ3) is 7.29. The highest BCUT2D eigenvalue weighted by molar-refractivity contribution is 5.91. The molecule has 7 heteroatoms. The molecule has 1 N–H and O–H groups in total. The van der Waals surface area contributed by atoms with Crippen molar-refractivity contribution >= 4 is 29.5 Å². The quantitative estimate of drug-likeness (QED) is 0.522. The lowest BCUT2D eigenvalue weighted by Gasteiger charge is -2.36. The molecule has 0 aliphatic carbocycles. The summed E-state index contributed by atoms with van der Waals surface area (Å²) in [4.78, 5) is 39.9. The summed E-state index contributed by atoms with van der Waals surface area (Å²) in [5, 5.41) is 2.63. The molecule has 1 aliphatic heterocycles. The van der Waals surface area contributed by atoms with Crippen molar-refractivity contribution in [1.29, 1.82) is 0 Å².